The molecule has 2 aromatic rings. The van der Waals surface area contributed by atoms with Gasteiger partial charge in [-0.05, 0) is 31.0 Å². The van der Waals surface area contributed by atoms with Crippen LogP contribution in [0.4, 0.5) is 4.39 Å². The smallest absolute Gasteiger partial charge is 0.126 e. The Morgan fingerprint density at radius 1 is 1.29 bits per heavy atom. The van der Waals surface area contributed by atoms with Gasteiger partial charge in [-0.25, -0.2) is 9.37 Å². The van der Waals surface area contributed by atoms with E-state index in [1.165, 1.54) is 10.9 Å². The van der Waals surface area contributed by atoms with Gasteiger partial charge >= 0.3 is 0 Å². The van der Waals surface area contributed by atoms with Gasteiger partial charge in [-0.2, -0.15) is 0 Å². The highest BCUT2D eigenvalue weighted by molar-refractivity contribution is 7.11. The summed E-state index contributed by atoms with van der Waals surface area (Å²) in [4.78, 5) is 5.42. The van der Waals surface area contributed by atoms with Crippen molar-refractivity contribution in [3.8, 4) is 0 Å². The minimum Gasteiger partial charge on any atom is -0.308 e. The maximum atomic E-state index is 13.1. The van der Waals surface area contributed by atoms with Crippen molar-refractivity contribution in [3.63, 3.8) is 0 Å². The molecule has 17 heavy (non-hydrogen) atoms. The molecule has 0 atom stereocenters. The maximum Gasteiger partial charge on any atom is 0.126 e. The van der Waals surface area contributed by atoms with Crippen LogP contribution in [0.1, 0.15) is 21.0 Å². The normalized spacial score (nSPS) is 10.8. The minimum atomic E-state index is -0.146. The number of thiazole rings is 1. The van der Waals surface area contributed by atoms with Crippen LogP contribution in [0.2, 0.25) is 0 Å². The maximum absolute atomic E-state index is 13.1. The van der Waals surface area contributed by atoms with Crippen LogP contribution >= 0.6 is 11.3 Å². The molecule has 90 valence electrons. The molecule has 2 nitrogen and oxygen atoms in total. The third-order valence-corrected chi connectivity index (χ3v) is 3.43. The fourth-order valence-corrected chi connectivity index (χ4v) is 2.40. The van der Waals surface area contributed by atoms with E-state index in [4.69, 9.17) is 0 Å². The molecular weight excluding hydrogens is 235 g/mol. The molecule has 0 bridgehead atoms. The van der Waals surface area contributed by atoms with Gasteiger partial charge in [0.1, 0.15) is 5.82 Å². The van der Waals surface area contributed by atoms with E-state index in [1.54, 1.807) is 18.3 Å². The number of nitrogens with one attached hydrogen (secondary N) is 1. The summed E-state index contributed by atoms with van der Waals surface area (Å²) in [5, 5.41) is 4.41. The first-order valence-electron chi connectivity index (χ1n) is 5.52. The van der Waals surface area contributed by atoms with Crippen LogP contribution in [0, 0.1) is 19.7 Å². The highest BCUT2D eigenvalue weighted by Gasteiger charge is 2.00. The summed E-state index contributed by atoms with van der Waals surface area (Å²) in [6.45, 7) is 5.34. The van der Waals surface area contributed by atoms with Gasteiger partial charge in [-0.15, -0.1) is 11.3 Å². The van der Waals surface area contributed by atoms with Crippen LogP contribution in [0.15, 0.2) is 24.4 Å². The Bertz CT molecular complexity index is 508. The summed E-state index contributed by atoms with van der Waals surface area (Å²) in [7, 11) is 0. The lowest BCUT2D eigenvalue weighted by atomic mass is 10.1. The summed E-state index contributed by atoms with van der Waals surface area (Å²) in [6, 6.07) is 5.21. The number of aromatic nitrogens is 1. The van der Waals surface area contributed by atoms with Gasteiger partial charge in [0.05, 0.1) is 5.01 Å². The predicted octanol–water partition coefficient (Wildman–Crippen LogP) is 3.19. The highest BCUT2D eigenvalue weighted by Crippen LogP contribution is 2.12. The van der Waals surface area contributed by atoms with Crippen molar-refractivity contribution in [1.29, 1.82) is 0 Å². The molecule has 0 aliphatic heterocycles. The molecule has 0 spiro atoms. The van der Waals surface area contributed by atoms with E-state index in [1.807, 2.05) is 25.3 Å². The molecule has 0 fully saturated rings. The van der Waals surface area contributed by atoms with Crippen molar-refractivity contribution >= 4 is 11.3 Å². The molecule has 0 aliphatic rings. The zero-order chi connectivity index (χ0) is 12.3. The number of halogens is 1. The first-order chi connectivity index (χ1) is 8.15. The Morgan fingerprint density at radius 3 is 2.76 bits per heavy atom. The second kappa shape index (κ2) is 5.38. The zero-order valence-corrected chi connectivity index (χ0v) is 10.8. The molecule has 1 heterocycles. The average Bonchev–Trinajstić information content (AvgIpc) is 2.70. The average molecular weight is 250 g/mol. The van der Waals surface area contributed by atoms with Gasteiger partial charge in [-0.1, -0.05) is 12.1 Å². The topological polar surface area (TPSA) is 24.9 Å². The molecule has 0 saturated carbocycles. The lowest BCUT2D eigenvalue weighted by molar-refractivity contribution is 0.615. The zero-order valence-electron chi connectivity index (χ0n) is 9.96. The first kappa shape index (κ1) is 12.2. The van der Waals surface area contributed by atoms with Crippen molar-refractivity contribution in [3.05, 3.63) is 51.2 Å². The molecule has 0 saturated heterocycles. The third kappa shape index (κ3) is 3.35. The number of hydrogen-bond donors (Lipinski definition) is 1. The number of nitrogens with zero attached hydrogens (tertiary/aromatic N) is 1. The van der Waals surface area contributed by atoms with Crippen LogP contribution in [-0.2, 0) is 13.1 Å². The summed E-state index contributed by atoms with van der Waals surface area (Å²) < 4.78 is 13.1. The third-order valence-electron chi connectivity index (χ3n) is 2.52. The molecule has 0 aliphatic carbocycles. The Labute approximate surface area is 105 Å². The molecule has 1 aromatic carbocycles. The van der Waals surface area contributed by atoms with Gasteiger partial charge in [0.25, 0.3) is 0 Å². The predicted molar refractivity (Wildman–Crippen MR) is 68.5 cm³/mol. The fraction of sp³-hybridized carbons (Fsp3) is 0.308. The molecule has 0 radical (unpaired) electrons. The Morgan fingerprint density at radius 2 is 2.12 bits per heavy atom. The Kier molecular flexibility index (Phi) is 3.86. The van der Waals surface area contributed by atoms with Gasteiger partial charge < -0.3 is 5.32 Å². The van der Waals surface area contributed by atoms with E-state index in [0.29, 0.717) is 5.56 Å². The van der Waals surface area contributed by atoms with E-state index >= 15 is 0 Å². The largest absolute Gasteiger partial charge is 0.308 e. The summed E-state index contributed by atoms with van der Waals surface area (Å²) in [6.07, 6.45) is 1.89. The van der Waals surface area contributed by atoms with Crippen molar-refractivity contribution in [2.24, 2.45) is 0 Å². The van der Waals surface area contributed by atoms with Gasteiger partial charge in [-0.3, -0.25) is 0 Å². The second-order valence-electron chi connectivity index (χ2n) is 4.03. The lowest BCUT2D eigenvalue weighted by Gasteiger charge is -2.04. The Hall–Kier alpha value is -1.26. The van der Waals surface area contributed by atoms with Gasteiger partial charge in [0, 0.05) is 24.2 Å². The summed E-state index contributed by atoms with van der Waals surface area (Å²) in [5.41, 5.74) is 1.79. The first-order valence-corrected chi connectivity index (χ1v) is 6.34. The van der Waals surface area contributed by atoms with E-state index < -0.39 is 0 Å². The van der Waals surface area contributed by atoms with Gasteiger partial charge in [0.15, 0.2) is 0 Å². The molecule has 0 amide bonds. The van der Waals surface area contributed by atoms with Crippen molar-refractivity contribution < 1.29 is 4.39 Å². The minimum absolute atomic E-state index is 0.146. The second-order valence-corrected chi connectivity index (χ2v) is 5.35. The fourth-order valence-electron chi connectivity index (χ4n) is 1.63. The van der Waals surface area contributed by atoms with Crippen LogP contribution in [0.3, 0.4) is 0 Å². The summed E-state index contributed by atoms with van der Waals surface area (Å²) >= 11 is 1.69. The van der Waals surface area contributed by atoms with E-state index in [-0.39, 0.29) is 5.82 Å². The molecule has 4 heteroatoms. The molecule has 1 aromatic heterocycles. The van der Waals surface area contributed by atoms with E-state index in [0.717, 1.165) is 23.7 Å². The molecule has 0 unspecified atom stereocenters. The number of hydrogen-bond acceptors (Lipinski definition) is 3. The van der Waals surface area contributed by atoms with Crippen molar-refractivity contribution in [2.75, 3.05) is 0 Å². The molecule has 1 N–H and O–H groups in total. The van der Waals surface area contributed by atoms with Gasteiger partial charge in [0.2, 0.25) is 0 Å². The monoisotopic (exact) mass is 250 g/mol. The summed E-state index contributed by atoms with van der Waals surface area (Å²) in [5.74, 6) is -0.146. The Balaban J connectivity index is 1.87. The SMILES string of the molecule is Cc1ncc(CNCc2ccc(F)c(C)c2)s1. The standard InChI is InChI=1S/C13H15FN2S/c1-9-5-11(3-4-13(9)14)6-15-7-12-8-16-10(2)17-12/h3-5,8,15H,6-7H2,1-2H3. The number of aryl methyl sites for hydroxylation is 2. The van der Waals surface area contributed by atoms with Crippen molar-refractivity contribution in [2.45, 2.75) is 26.9 Å². The molecular formula is C13H15FN2S. The van der Waals surface area contributed by atoms with Crippen LogP contribution < -0.4 is 5.32 Å². The van der Waals surface area contributed by atoms with Crippen LogP contribution in [-0.4, -0.2) is 4.98 Å². The van der Waals surface area contributed by atoms with Crippen molar-refractivity contribution in [1.82, 2.24) is 10.3 Å². The van der Waals surface area contributed by atoms with E-state index in [9.17, 15) is 4.39 Å². The van der Waals surface area contributed by atoms with Crippen LogP contribution in [0.5, 0.6) is 0 Å². The highest BCUT2D eigenvalue weighted by atomic mass is 32.1. The quantitative estimate of drug-likeness (QED) is 0.901. The number of rotatable bonds is 4. The van der Waals surface area contributed by atoms with Crippen LogP contribution in [0.25, 0.3) is 0 Å². The van der Waals surface area contributed by atoms with E-state index in [2.05, 4.69) is 10.3 Å². The lowest BCUT2D eigenvalue weighted by Crippen LogP contribution is -2.11. The number of benzene rings is 1. The molecule has 2 rings (SSSR count).